The molecule has 1 aliphatic carbocycles. The molecule has 1 aromatic carbocycles. The van der Waals surface area contributed by atoms with Gasteiger partial charge in [-0.25, -0.2) is 4.98 Å². The van der Waals surface area contributed by atoms with Crippen LogP contribution in [0.15, 0.2) is 36.5 Å². The van der Waals surface area contributed by atoms with E-state index in [1.54, 1.807) is 6.20 Å². The van der Waals surface area contributed by atoms with E-state index in [-0.39, 0.29) is 5.78 Å². The summed E-state index contributed by atoms with van der Waals surface area (Å²) in [6, 6.07) is 10.8. The van der Waals surface area contributed by atoms with E-state index in [4.69, 9.17) is 10.5 Å². The quantitative estimate of drug-likeness (QED) is 0.642. The Balaban J connectivity index is 1.25. The Labute approximate surface area is 196 Å². The van der Waals surface area contributed by atoms with Crippen LogP contribution in [0.1, 0.15) is 67.9 Å². The van der Waals surface area contributed by atoms with Gasteiger partial charge in [0.05, 0.1) is 24.4 Å². The number of benzene rings is 1. The van der Waals surface area contributed by atoms with Crippen molar-refractivity contribution in [1.29, 1.82) is 0 Å². The third-order valence-electron chi connectivity index (χ3n) is 8.04. The third kappa shape index (κ3) is 4.57. The van der Waals surface area contributed by atoms with Crippen LogP contribution in [0.4, 0.5) is 5.82 Å². The molecule has 2 aromatic rings. The van der Waals surface area contributed by atoms with Crippen LogP contribution in [0.5, 0.6) is 0 Å². The summed E-state index contributed by atoms with van der Waals surface area (Å²) in [4.78, 5) is 19.9. The molecule has 0 unspecified atom stereocenters. The summed E-state index contributed by atoms with van der Waals surface area (Å²) in [5.74, 6) is 0.641. The fraction of sp³-hybridized carbons (Fsp3) is 0.556. The molecule has 1 atom stereocenters. The number of Topliss-reactive ketones (excluding diaryl/α,β-unsaturated/α-hetero) is 1. The molecule has 176 valence electrons. The number of pyridine rings is 1. The van der Waals surface area contributed by atoms with Crippen molar-refractivity contribution in [3.8, 4) is 11.1 Å². The first-order chi connectivity index (χ1) is 15.7. The number of ether oxygens (including phenoxy) is 1. The van der Waals surface area contributed by atoms with Gasteiger partial charge in [0, 0.05) is 42.7 Å². The second-order valence-corrected chi connectivity index (χ2v) is 10.9. The van der Waals surface area contributed by atoms with Gasteiger partial charge in [-0.1, -0.05) is 24.3 Å². The van der Waals surface area contributed by atoms with Crippen molar-refractivity contribution in [2.45, 2.75) is 57.6 Å². The number of hydrogen-bond donors (Lipinski definition) is 2. The highest BCUT2D eigenvalue weighted by atomic mass is 16.5. The van der Waals surface area contributed by atoms with Crippen molar-refractivity contribution >= 4 is 11.6 Å². The number of carbonyl (C=O) groups excluding carboxylic acids is 1. The zero-order valence-corrected chi connectivity index (χ0v) is 19.7. The number of hydrogen-bond acceptors (Lipinski definition) is 6. The Morgan fingerprint density at radius 1 is 1.21 bits per heavy atom. The normalized spacial score (nSPS) is 27.5. The number of aliphatic hydroxyl groups is 1. The molecular weight excluding hydrogens is 414 g/mol. The average molecular weight is 450 g/mol. The third-order valence-corrected chi connectivity index (χ3v) is 8.04. The lowest BCUT2D eigenvalue weighted by atomic mass is 9.76. The van der Waals surface area contributed by atoms with Crippen LogP contribution in [0, 0.1) is 11.3 Å². The molecular formula is C27H35N3O3. The van der Waals surface area contributed by atoms with Gasteiger partial charge in [0.1, 0.15) is 5.82 Å². The van der Waals surface area contributed by atoms with Crippen molar-refractivity contribution in [2.75, 3.05) is 32.0 Å². The number of carbonyl (C=O) groups is 1. The minimum atomic E-state index is -0.591. The van der Waals surface area contributed by atoms with Crippen molar-refractivity contribution in [3.63, 3.8) is 0 Å². The number of nitrogen functional groups attached to an aromatic ring is 1. The first-order valence-corrected chi connectivity index (χ1v) is 12.2. The molecule has 5 rings (SSSR count). The molecule has 2 aliphatic heterocycles. The monoisotopic (exact) mass is 449 g/mol. The first-order valence-electron chi connectivity index (χ1n) is 12.2. The van der Waals surface area contributed by atoms with Crippen LogP contribution >= 0.6 is 0 Å². The molecule has 0 radical (unpaired) electrons. The number of likely N-dealkylation sites (tertiary alicyclic amines) is 1. The SMILES string of the molecule is C[C@H](c1ccc(-c2cnc(N)c(C(=O)CC3CCC(C)(O)CC3)c2)cc1)N1CC2(COC2)C1. The summed E-state index contributed by atoms with van der Waals surface area (Å²) in [6.45, 7) is 8.17. The minimum absolute atomic E-state index is 0.0466. The number of ketones is 1. The van der Waals surface area contributed by atoms with E-state index in [1.807, 2.05) is 13.0 Å². The highest BCUT2D eigenvalue weighted by molar-refractivity contribution is 6.01. The van der Waals surface area contributed by atoms with Gasteiger partial charge >= 0.3 is 0 Å². The topological polar surface area (TPSA) is 88.7 Å². The predicted octanol–water partition coefficient (Wildman–Crippen LogP) is 4.24. The number of anilines is 1. The van der Waals surface area contributed by atoms with Crippen LogP contribution < -0.4 is 5.73 Å². The smallest absolute Gasteiger partial charge is 0.166 e. The van der Waals surface area contributed by atoms with E-state index < -0.39 is 5.60 Å². The molecule has 6 heteroatoms. The molecule has 6 nitrogen and oxygen atoms in total. The molecule has 3 aliphatic rings. The maximum atomic E-state index is 13.0. The van der Waals surface area contributed by atoms with E-state index in [1.165, 1.54) is 5.56 Å². The van der Waals surface area contributed by atoms with Gasteiger partial charge in [-0.05, 0) is 62.6 Å². The fourth-order valence-corrected chi connectivity index (χ4v) is 5.56. The van der Waals surface area contributed by atoms with Crippen molar-refractivity contribution in [1.82, 2.24) is 9.88 Å². The van der Waals surface area contributed by atoms with E-state index in [0.717, 1.165) is 63.1 Å². The molecule has 2 saturated heterocycles. The molecule has 3 fully saturated rings. The Morgan fingerprint density at radius 3 is 2.48 bits per heavy atom. The van der Waals surface area contributed by atoms with Gasteiger partial charge in [0.2, 0.25) is 0 Å². The Hall–Kier alpha value is -2.28. The lowest BCUT2D eigenvalue weighted by molar-refractivity contribution is -0.197. The summed E-state index contributed by atoms with van der Waals surface area (Å²) in [7, 11) is 0. The van der Waals surface area contributed by atoms with Crippen molar-refractivity contribution in [2.24, 2.45) is 11.3 Å². The van der Waals surface area contributed by atoms with E-state index in [0.29, 0.717) is 35.2 Å². The van der Waals surface area contributed by atoms with Crippen LogP contribution in [-0.2, 0) is 4.74 Å². The van der Waals surface area contributed by atoms with Crippen LogP contribution in [-0.4, -0.2) is 52.7 Å². The lowest BCUT2D eigenvalue weighted by Gasteiger charge is -2.57. The van der Waals surface area contributed by atoms with E-state index >= 15 is 0 Å². The molecule has 0 bridgehead atoms. The van der Waals surface area contributed by atoms with Gasteiger partial charge in [-0.15, -0.1) is 0 Å². The Morgan fingerprint density at radius 2 is 1.88 bits per heavy atom. The van der Waals surface area contributed by atoms with Gasteiger partial charge in [0.25, 0.3) is 0 Å². The fourth-order valence-electron chi connectivity index (χ4n) is 5.56. The van der Waals surface area contributed by atoms with Crippen LogP contribution in [0.2, 0.25) is 0 Å². The predicted molar refractivity (Wildman–Crippen MR) is 129 cm³/mol. The van der Waals surface area contributed by atoms with Crippen molar-refractivity contribution in [3.05, 3.63) is 47.7 Å². The molecule has 3 N–H and O–H groups in total. The summed E-state index contributed by atoms with van der Waals surface area (Å²) < 4.78 is 5.39. The van der Waals surface area contributed by atoms with E-state index in [2.05, 4.69) is 41.1 Å². The lowest BCUT2D eigenvalue weighted by Crippen LogP contribution is -2.66. The molecule has 0 amide bonds. The summed E-state index contributed by atoms with van der Waals surface area (Å²) in [6.07, 6.45) is 5.45. The second-order valence-electron chi connectivity index (χ2n) is 10.9. The van der Waals surface area contributed by atoms with Gasteiger partial charge in [0.15, 0.2) is 5.78 Å². The molecule has 3 heterocycles. The van der Waals surface area contributed by atoms with Crippen molar-refractivity contribution < 1.29 is 14.6 Å². The minimum Gasteiger partial charge on any atom is -0.390 e. The van der Waals surface area contributed by atoms with Crippen LogP contribution in [0.3, 0.4) is 0 Å². The van der Waals surface area contributed by atoms with E-state index in [9.17, 15) is 9.90 Å². The summed E-state index contributed by atoms with van der Waals surface area (Å²) >= 11 is 0. The standard InChI is InChI=1S/C27H35N3O3/c1-18(30-14-27(15-30)16-33-17-27)20-3-5-21(6-4-20)22-12-23(25(28)29-13-22)24(31)11-19-7-9-26(2,32)10-8-19/h3-6,12-13,18-19,32H,7-11,14-17H2,1-2H3,(H2,28,29)/t18-,19?,26?/m1/s1. The maximum absolute atomic E-state index is 13.0. The Bertz CT molecular complexity index is 1010. The maximum Gasteiger partial charge on any atom is 0.166 e. The Kier molecular flexibility index (Phi) is 5.79. The van der Waals surface area contributed by atoms with Gasteiger partial charge < -0.3 is 15.6 Å². The van der Waals surface area contributed by atoms with Crippen LogP contribution in [0.25, 0.3) is 11.1 Å². The zero-order valence-electron chi connectivity index (χ0n) is 19.7. The first kappa shape index (κ1) is 22.5. The number of rotatable bonds is 6. The molecule has 1 spiro atoms. The summed E-state index contributed by atoms with van der Waals surface area (Å²) in [5.41, 5.74) is 9.66. The molecule has 1 aromatic heterocycles. The van der Waals surface area contributed by atoms with Gasteiger partial charge in [-0.2, -0.15) is 0 Å². The largest absolute Gasteiger partial charge is 0.390 e. The number of aromatic nitrogens is 1. The highest BCUT2D eigenvalue weighted by Crippen LogP contribution is 2.42. The highest BCUT2D eigenvalue weighted by Gasteiger charge is 2.50. The second kappa shape index (κ2) is 8.49. The number of nitrogens with two attached hydrogens (primary N) is 1. The van der Waals surface area contributed by atoms with Gasteiger partial charge in [-0.3, -0.25) is 9.69 Å². The zero-order chi connectivity index (χ0) is 23.2. The molecule has 1 saturated carbocycles. The molecule has 33 heavy (non-hydrogen) atoms. The summed E-state index contributed by atoms with van der Waals surface area (Å²) in [5, 5.41) is 10.2. The average Bonchev–Trinajstić information content (AvgIpc) is 2.73. The number of nitrogens with zero attached hydrogens (tertiary/aromatic N) is 2.